The van der Waals surface area contributed by atoms with Crippen LogP contribution in [-0.2, 0) is 4.74 Å². The average molecular weight is 440 g/mol. The molecule has 0 heterocycles. The second-order valence-corrected chi connectivity index (χ2v) is 5.98. The van der Waals surface area contributed by atoms with Gasteiger partial charge in [0.25, 0.3) is 5.91 Å². The number of nitrogens with one attached hydrogen (secondary N) is 1. The fourth-order valence-corrected chi connectivity index (χ4v) is 2.99. The summed E-state index contributed by atoms with van der Waals surface area (Å²) in [6.07, 6.45) is 0. The third kappa shape index (κ3) is 4.08. The van der Waals surface area contributed by atoms with Crippen LogP contribution in [0.5, 0.6) is 23.0 Å². The first kappa shape index (κ1) is 20.4. The first-order valence-electron chi connectivity index (χ1n) is 7.59. The molecule has 0 unspecified atom stereocenters. The van der Waals surface area contributed by atoms with Crippen LogP contribution in [0.15, 0.2) is 28.7 Å². The van der Waals surface area contributed by atoms with Crippen LogP contribution in [0.1, 0.15) is 20.7 Å². The molecule has 0 saturated carbocycles. The highest BCUT2D eigenvalue weighted by Crippen LogP contribution is 2.45. The molecule has 0 aliphatic heterocycles. The summed E-state index contributed by atoms with van der Waals surface area (Å²) in [6.45, 7) is 0. The maximum absolute atomic E-state index is 12.7. The van der Waals surface area contributed by atoms with Crippen molar-refractivity contribution >= 4 is 33.5 Å². The first-order valence-corrected chi connectivity index (χ1v) is 8.38. The Balaban J connectivity index is 2.40. The Kier molecular flexibility index (Phi) is 6.51. The third-order valence-corrected chi connectivity index (χ3v) is 4.47. The van der Waals surface area contributed by atoms with Crippen molar-refractivity contribution in [3.8, 4) is 23.0 Å². The molecule has 2 N–H and O–H groups in total. The Morgan fingerprint density at radius 3 is 2.19 bits per heavy atom. The molecule has 0 aliphatic rings. The van der Waals surface area contributed by atoms with Crippen LogP contribution in [0.3, 0.4) is 0 Å². The van der Waals surface area contributed by atoms with Gasteiger partial charge in [0.1, 0.15) is 5.75 Å². The van der Waals surface area contributed by atoms with Gasteiger partial charge in [0.05, 0.1) is 49.7 Å². The highest BCUT2D eigenvalue weighted by Gasteiger charge is 2.23. The molecule has 2 aromatic carbocycles. The number of carbonyl (C=O) groups is 2. The molecule has 8 nitrogen and oxygen atoms in total. The van der Waals surface area contributed by atoms with E-state index in [1.54, 1.807) is 0 Å². The van der Waals surface area contributed by atoms with E-state index in [0.717, 1.165) is 0 Å². The Bertz CT molecular complexity index is 882. The van der Waals surface area contributed by atoms with E-state index in [-0.39, 0.29) is 28.3 Å². The predicted octanol–water partition coefficient (Wildman–Crippen LogP) is 3.22. The number of ether oxygens (including phenoxy) is 4. The number of benzene rings is 2. The molecule has 144 valence electrons. The lowest BCUT2D eigenvalue weighted by Crippen LogP contribution is -2.14. The number of carbonyl (C=O) groups excluding carboxylic acids is 2. The summed E-state index contributed by atoms with van der Waals surface area (Å²) in [5, 5.41) is 12.6. The van der Waals surface area contributed by atoms with Gasteiger partial charge in [0.2, 0.25) is 5.75 Å². The number of amides is 1. The molecule has 27 heavy (non-hydrogen) atoms. The van der Waals surface area contributed by atoms with Gasteiger partial charge in [0, 0.05) is 0 Å². The van der Waals surface area contributed by atoms with E-state index in [1.807, 2.05) is 0 Å². The quantitative estimate of drug-likeness (QED) is 0.525. The van der Waals surface area contributed by atoms with Crippen LogP contribution in [0.2, 0.25) is 0 Å². The van der Waals surface area contributed by atoms with Crippen LogP contribution >= 0.6 is 15.9 Å². The van der Waals surface area contributed by atoms with Crippen molar-refractivity contribution in [1.29, 1.82) is 0 Å². The van der Waals surface area contributed by atoms with E-state index >= 15 is 0 Å². The molecule has 2 aromatic rings. The second-order valence-electron chi connectivity index (χ2n) is 5.18. The lowest BCUT2D eigenvalue weighted by molar-refractivity contribution is 0.0600. The number of aromatic hydroxyl groups is 1. The van der Waals surface area contributed by atoms with E-state index < -0.39 is 11.9 Å². The van der Waals surface area contributed by atoms with Crippen LogP contribution in [0.4, 0.5) is 5.69 Å². The van der Waals surface area contributed by atoms with Crippen LogP contribution in [0.25, 0.3) is 0 Å². The number of hydrogen-bond donors (Lipinski definition) is 2. The summed E-state index contributed by atoms with van der Waals surface area (Å²) < 4.78 is 20.7. The second kappa shape index (κ2) is 8.63. The molecule has 1 amide bonds. The molecule has 0 aliphatic carbocycles. The summed E-state index contributed by atoms with van der Waals surface area (Å²) in [6, 6.07) is 5.49. The number of rotatable bonds is 6. The van der Waals surface area contributed by atoms with Crippen molar-refractivity contribution in [2.75, 3.05) is 33.8 Å². The van der Waals surface area contributed by atoms with Crippen LogP contribution in [-0.4, -0.2) is 45.4 Å². The van der Waals surface area contributed by atoms with Gasteiger partial charge in [0.15, 0.2) is 11.5 Å². The molecule has 0 aromatic heterocycles. The minimum absolute atomic E-state index is 0.119. The van der Waals surface area contributed by atoms with Crippen molar-refractivity contribution in [2.24, 2.45) is 0 Å². The molecule has 0 atom stereocenters. The largest absolute Gasteiger partial charge is 0.506 e. The third-order valence-electron chi connectivity index (χ3n) is 3.68. The van der Waals surface area contributed by atoms with Gasteiger partial charge in [-0.15, -0.1) is 0 Å². The molecule has 0 radical (unpaired) electrons. The summed E-state index contributed by atoms with van der Waals surface area (Å²) in [4.78, 5) is 24.2. The van der Waals surface area contributed by atoms with E-state index in [4.69, 9.17) is 14.2 Å². The summed E-state index contributed by atoms with van der Waals surface area (Å²) >= 11 is 3.32. The Morgan fingerprint density at radius 2 is 1.67 bits per heavy atom. The number of phenolic OH excluding ortho intramolecular Hbond substituents is 1. The molecule has 0 spiro atoms. The average Bonchev–Trinajstić information content (AvgIpc) is 2.67. The number of methoxy groups -OCH3 is 4. The fraction of sp³-hybridized carbons (Fsp3) is 0.222. The van der Waals surface area contributed by atoms with Gasteiger partial charge >= 0.3 is 5.97 Å². The number of esters is 1. The monoisotopic (exact) mass is 439 g/mol. The lowest BCUT2D eigenvalue weighted by Gasteiger charge is -2.17. The van der Waals surface area contributed by atoms with E-state index in [2.05, 4.69) is 26.0 Å². The predicted molar refractivity (Wildman–Crippen MR) is 101 cm³/mol. The van der Waals surface area contributed by atoms with Gasteiger partial charge in [-0.25, -0.2) is 4.79 Å². The molecule has 0 bridgehead atoms. The zero-order chi connectivity index (χ0) is 20.1. The molecule has 9 heteroatoms. The van der Waals surface area contributed by atoms with Crippen molar-refractivity contribution in [1.82, 2.24) is 0 Å². The number of phenols is 1. The van der Waals surface area contributed by atoms with Gasteiger partial charge in [-0.2, -0.15) is 0 Å². The van der Waals surface area contributed by atoms with Crippen LogP contribution in [0, 0.1) is 0 Å². The Labute approximate surface area is 164 Å². The van der Waals surface area contributed by atoms with Crippen molar-refractivity contribution < 1.29 is 33.6 Å². The first-order chi connectivity index (χ1) is 12.9. The Morgan fingerprint density at radius 1 is 1.00 bits per heavy atom. The van der Waals surface area contributed by atoms with E-state index in [9.17, 15) is 14.7 Å². The summed E-state index contributed by atoms with van der Waals surface area (Å²) in [5.74, 6) is -0.512. The van der Waals surface area contributed by atoms with E-state index in [1.165, 1.54) is 52.7 Å². The van der Waals surface area contributed by atoms with Gasteiger partial charge in [-0.3, -0.25) is 4.79 Å². The number of halogens is 1. The molecular formula is C18H18BrNO7. The van der Waals surface area contributed by atoms with Gasteiger partial charge in [-0.05, 0) is 40.2 Å². The highest BCUT2D eigenvalue weighted by atomic mass is 79.9. The van der Waals surface area contributed by atoms with Crippen molar-refractivity contribution in [3.05, 3.63) is 39.9 Å². The van der Waals surface area contributed by atoms with Crippen molar-refractivity contribution in [3.63, 3.8) is 0 Å². The molecule has 2 rings (SSSR count). The topological polar surface area (TPSA) is 103 Å². The molecular weight excluding hydrogens is 422 g/mol. The zero-order valence-corrected chi connectivity index (χ0v) is 16.7. The minimum Gasteiger partial charge on any atom is -0.506 e. The lowest BCUT2D eigenvalue weighted by atomic mass is 10.1. The Hall–Kier alpha value is -2.94. The fourth-order valence-electron chi connectivity index (χ4n) is 2.36. The van der Waals surface area contributed by atoms with Gasteiger partial charge < -0.3 is 29.4 Å². The SMILES string of the molecule is COC(=O)c1ccc(NC(=O)c2cc(OC)c(OC)c(OC)c2Br)c(O)c1. The van der Waals surface area contributed by atoms with E-state index in [0.29, 0.717) is 16.0 Å². The van der Waals surface area contributed by atoms with Crippen LogP contribution < -0.4 is 19.5 Å². The maximum Gasteiger partial charge on any atom is 0.337 e. The normalized spacial score (nSPS) is 10.1. The minimum atomic E-state index is -0.601. The highest BCUT2D eigenvalue weighted by molar-refractivity contribution is 9.10. The number of hydrogen-bond acceptors (Lipinski definition) is 7. The standard InChI is InChI=1S/C18H18BrNO7/c1-24-13-8-10(14(19)16(26-3)15(13)25-2)17(22)20-11-6-5-9(7-12(11)21)18(23)27-4/h5-8,21H,1-4H3,(H,20,22). The van der Waals surface area contributed by atoms with Gasteiger partial charge in [-0.1, -0.05) is 0 Å². The zero-order valence-electron chi connectivity index (χ0n) is 15.1. The van der Waals surface area contributed by atoms with Crippen molar-refractivity contribution in [2.45, 2.75) is 0 Å². The number of anilines is 1. The summed E-state index contributed by atoms with van der Waals surface area (Å²) in [5.41, 5.74) is 0.469. The smallest absolute Gasteiger partial charge is 0.337 e. The maximum atomic E-state index is 12.7. The molecule has 0 saturated heterocycles. The summed E-state index contributed by atoms with van der Waals surface area (Å²) in [7, 11) is 5.55. The molecule has 0 fully saturated rings.